The number of hydrogen-bond acceptors (Lipinski definition) is 4. The van der Waals surface area contributed by atoms with E-state index in [1.807, 2.05) is 32.2 Å². The van der Waals surface area contributed by atoms with Crippen molar-refractivity contribution in [3.05, 3.63) is 75.0 Å². The van der Waals surface area contributed by atoms with Gasteiger partial charge in [-0.25, -0.2) is 0 Å². The quantitative estimate of drug-likeness (QED) is 0.505. The summed E-state index contributed by atoms with van der Waals surface area (Å²) in [6.45, 7) is 3.59. The fraction of sp³-hybridized carbons (Fsp3) is 0.227. The molecule has 3 rings (SSSR count). The number of hydrogen-bond donors (Lipinski definition) is 1. The van der Waals surface area contributed by atoms with Crippen molar-refractivity contribution < 1.29 is 23.0 Å². The molecule has 0 saturated carbocycles. The first-order valence-electron chi connectivity index (χ1n) is 8.96. The van der Waals surface area contributed by atoms with E-state index in [-0.39, 0.29) is 11.7 Å². The SMILES string of the molecule is Cc1cc(C)c(C)c(OCc2csc(C(=O)Nc3ccc(OC(F)F)cc3)c2)c1. The van der Waals surface area contributed by atoms with E-state index >= 15 is 0 Å². The van der Waals surface area contributed by atoms with Gasteiger partial charge in [0.15, 0.2) is 0 Å². The lowest BCUT2D eigenvalue weighted by atomic mass is 10.1. The van der Waals surface area contributed by atoms with Gasteiger partial charge in [-0.15, -0.1) is 11.3 Å². The zero-order valence-electron chi connectivity index (χ0n) is 16.3. The summed E-state index contributed by atoms with van der Waals surface area (Å²) in [5.41, 5.74) is 4.81. The van der Waals surface area contributed by atoms with Gasteiger partial charge in [0.1, 0.15) is 18.1 Å². The molecule has 4 nitrogen and oxygen atoms in total. The van der Waals surface area contributed by atoms with Gasteiger partial charge in [-0.2, -0.15) is 8.78 Å². The first kappa shape index (κ1) is 20.8. The van der Waals surface area contributed by atoms with Gasteiger partial charge in [-0.3, -0.25) is 4.79 Å². The maximum absolute atomic E-state index is 12.4. The van der Waals surface area contributed by atoms with E-state index in [0.29, 0.717) is 17.2 Å². The van der Waals surface area contributed by atoms with Gasteiger partial charge in [-0.05, 0) is 79.2 Å². The van der Waals surface area contributed by atoms with Crippen LogP contribution >= 0.6 is 11.3 Å². The van der Waals surface area contributed by atoms with E-state index in [1.54, 1.807) is 6.07 Å². The van der Waals surface area contributed by atoms with Crippen LogP contribution in [0.25, 0.3) is 0 Å². The zero-order valence-corrected chi connectivity index (χ0v) is 17.1. The number of anilines is 1. The van der Waals surface area contributed by atoms with Gasteiger partial charge < -0.3 is 14.8 Å². The summed E-state index contributed by atoms with van der Waals surface area (Å²) in [4.78, 5) is 13.0. The molecule has 0 bridgehead atoms. The number of rotatable bonds is 7. The van der Waals surface area contributed by atoms with Crippen molar-refractivity contribution >= 4 is 22.9 Å². The van der Waals surface area contributed by atoms with Crippen LogP contribution in [0.5, 0.6) is 11.5 Å². The highest BCUT2D eigenvalue weighted by Gasteiger charge is 2.12. The largest absolute Gasteiger partial charge is 0.489 e. The van der Waals surface area contributed by atoms with Crippen molar-refractivity contribution in [2.75, 3.05) is 5.32 Å². The predicted octanol–water partition coefficient (Wildman–Crippen LogP) is 6.11. The van der Waals surface area contributed by atoms with Crippen LogP contribution in [0.3, 0.4) is 0 Å². The van der Waals surface area contributed by atoms with Crippen molar-refractivity contribution in [3.63, 3.8) is 0 Å². The monoisotopic (exact) mass is 417 g/mol. The molecule has 1 amide bonds. The van der Waals surface area contributed by atoms with Crippen molar-refractivity contribution in [1.82, 2.24) is 0 Å². The third-order valence-corrected chi connectivity index (χ3v) is 5.35. The fourth-order valence-corrected chi connectivity index (χ4v) is 3.59. The Morgan fingerprint density at radius 3 is 2.52 bits per heavy atom. The number of ether oxygens (including phenoxy) is 2. The number of benzene rings is 2. The molecule has 0 radical (unpaired) electrons. The minimum Gasteiger partial charge on any atom is -0.489 e. The van der Waals surface area contributed by atoms with E-state index in [2.05, 4.69) is 16.1 Å². The highest BCUT2D eigenvalue weighted by molar-refractivity contribution is 7.12. The third kappa shape index (κ3) is 5.54. The Morgan fingerprint density at radius 2 is 1.83 bits per heavy atom. The Hall–Kier alpha value is -2.93. The van der Waals surface area contributed by atoms with Crippen LogP contribution < -0.4 is 14.8 Å². The lowest BCUT2D eigenvalue weighted by Gasteiger charge is -2.11. The molecule has 1 aromatic heterocycles. The fourth-order valence-electron chi connectivity index (χ4n) is 2.79. The highest BCUT2D eigenvalue weighted by Crippen LogP contribution is 2.25. The Morgan fingerprint density at radius 1 is 1.10 bits per heavy atom. The van der Waals surface area contributed by atoms with E-state index in [9.17, 15) is 13.6 Å². The molecule has 0 aliphatic heterocycles. The van der Waals surface area contributed by atoms with Crippen LogP contribution in [0.15, 0.2) is 47.8 Å². The minimum absolute atomic E-state index is 0.0373. The van der Waals surface area contributed by atoms with Gasteiger partial charge in [0, 0.05) is 11.3 Å². The van der Waals surface area contributed by atoms with Crippen LogP contribution in [0.1, 0.15) is 31.9 Å². The topological polar surface area (TPSA) is 47.6 Å². The summed E-state index contributed by atoms with van der Waals surface area (Å²) in [5, 5.41) is 4.62. The zero-order chi connectivity index (χ0) is 21.0. The second-order valence-electron chi connectivity index (χ2n) is 6.67. The number of halogens is 2. The highest BCUT2D eigenvalue weighted by atomic mass is 32.1. The summed E-state index contributed by atoms with van der Waals surface area (Å²) in [6.07, 6.45) is 0. The van der Waals surface area contributed by atoms with Gasteiger partial charge in [0.05, 0.1) is 4.88 Å². The number of alkyl halides is 2. The maximum atomic E-state index is 12.4. The van der Waals surface area contributed by atoms with E-state index in [4.69, 9.17) is 4.74 Å². The normalized spacial score (nSPS) is 10.8. The molecule has 7 heteroatoms. The molecule has 0 aliphatic carbocycles. The number of carbonyl (C=O) groups excluding carboxylic acids is 1. The summed E-state index contributed by atoms with van der Waals surface area (Å²) in [6, 6.07) is 11.7. The van der Waals surface area contributed by atoms with E-state index in [0.717, 1.165) is 22.4 Å². The molecule has 0 atom stereocenters. The molecular formula is C22H21F2NO3S. The molecule has 0 aliphatic rings. The number of aryl methyl sites for hydroxylation is 2. The molecule has 0 fully saturated rings. The molecule has 3 aromatic rings. The molecule has 0 unspecified atom stereocenters. The van der Waals surface area contributed by atoms with Crippen LogP contribution in [-0.4, -0.2) is 12.5 Å². The van der Waals surface area contributed by atoms with Crippen LogP contribution in [0.2, 0.25) is 0 Å². The third-order valence-electron chi connectivity index (χ3n) is 4.37. The molecular weight excluding hydrogens is 396 g/mol. The molecule has 1 N–H and O–H groups in total. The van der Waals surface area contributed by atoms with Crippen LogP contribution in [0, 0.1) is 20.8 Å². The molecule has 0 spiro atoms. The summed E-state index contributed by atoms with van der Waals surface area (Å²) in [5.74, 6) is 0.604. The second kappa shape index (κ2) is 9.05. The Bertz CT molecular complexity index is 1000. The van der Waals surface area contributed by atoms with Crippen LogP contribution in [0.4, 0.5) is 14.5 Å². The van der Waals surface area contributed by atoms with Gasteiger partial charge >= 0.3 is 6.61 Å². The molecule has 2 aromatic carbocycles. The van der Waals surface area contributed by atoms with E-state index in [1.165, 1.54) is 41.2 Å². The van der Waals surface area contributed by atoms with Crippen LogP contribution in [-0.2, 0) is 6.61 Å². The average molecular weight is 417 g/mol. The van der Waals surface area contributed by atoms with E-state index < -0.39 is 6.61 Å². The molecule has 0 saturated heterocycles. The average Bonchev–Trinajstić information content (AvgIpc) is 3.14. The summed E-state index contributed by atoms with van der Waals surface area (Å²) < 4.78 is 34.6. The van der Waals surface area contributed by atoms with Crippen molar-refractivity contribution in [3.8, 4) is 11.5 Å². The molecule has 29 heavy (non-hydrogen) atoms. The second-order valence-corrected chi connectivity index (χ2v) is 7.58. The number of nitrogens with one attached hydrogen (secondary N) is 1. The summed E-state index contributed by atoms with van der Waals surface area (Å²) >= 11 is 1.32. The lowest BCUT2D eigenvalue weighted by Crippen LogP contribution is -2.10. The first-order valence-corrected chi connectivity index (χ1v) is 9.84. The lowest BCUT2D eigenvalue weighted by molar-refractivity contribution is -0.0498. The first-order chi connectivity index (χ1) is 13.8. The number of carbonyl (C=O) groups is 1. The predicted molar refractivity (Wildman–Crippen MR) is 110 cm³/mol. The number of thiophene rings is 1. The standard InChI is InChI=1S/C22H21F2NO3S/c1-13-8-14(2)15(3)19(9-13)27-11-16-10-20(29-12-16)21(26)25-17-4-6-18(7-5-17)28-22(23)24/h4-10,12,22H,11H2,1-3H3,(H,25,26). The number of amides is 1. The molecule has 152 valence electrons. The van der Waals surface area contributed by atoms with Gasteiger partial charge in [-0.1, -0.05) is 6.07 Å². The van der Waals surface area contributed by atoms with Gasteiger partial charge in [0.2, 0.25) is 0 Å². The Kier molecular flexibility index (Phi) is 6.49. The van der Waals surface area contributed by atoms with Crippen molar-refractivity contribution in [2.45, 2.75) is 34.0 Å². The Balaban J connectivity index is 1.60. The van der Waals surface area contributed by atoms with Crippen molar-refractivity contribution in [1.29, 1.82) is 0 Å². The van der Waals surface area contributed by atoms with Gasteiger partial charge in [0.25, 0.3) is 5.91 Å². The Labute approximate surface area is 172 Å². The van der Waals surface area contributed by atoms with Crippen molar-refractivity contribution in [2.24, 2.45) is 0 Å². The molecule has 1 heterocycles. The summed E-state index contributed by atoms with van der Waals surface area (Å²) in [7, 11) is 0. The smallest absolute Gasteiger partial charge is 0.387 e. The maximum Gasteiger partial charge on any atom is 0.387 e. The minimum atomic E-state index is -2.88.